The number of hydrogen-bond acceptors (Lipinski definition) is 2. The van der Waals surface area contributed by atoms with Crippen molar-refractivity contribution in [2.24, 2.45) is 0 Å². The summed E-state index contributed by atoms with van der Waals surface area (Å²) in [5, 5.41) is 0. The Labute approximate surface area is 106 Å². The highest BCUT2D eigenvalue weighted by Crippen LogP contribution is 2.35. The minimum Gasteiger partial charge on any atom is -0.361 e. The third-order valence-electron chi connectivity index (χ3n) is 3.69. The molecule has 98 valence electrons. The molecule has 1 aliphatic heterocycles. The molecule has 0 amide bonds. The second-order valence-corrected chi connectivity index (χ2v) is 4.85. The van der Waals surface area contributed by atoms with Crippen LogP contribution in [0.1, 0.15) is 43.5 Å². The van der Waals surface area contributed by atoms with Crippen LogP contribution in [0.3, 0.4) is 0 Å². The molecular formula is C14H17F2NO. The lowest BCUT2D eigenvalue weighted by Gasteiger charge is -2.31. The van der Waals surface area contributed by atoms with E-state index >= 15 is 0 Å². The van der Waals surface area contributed by atoms with Gasteiger partial charge in [0, 0.05) is 17.6 Å². The van der Waals surface area contributed by atoms with E-state index in [0.717, 1.165) is 31.4 Å². The number of halogens is 2. The van der Waals surface area contributed by atoms with Gasteiger partial charge in [0.2, 0.25) is 0 Å². The summed E-state index contributed by atoms with van der Waals surface area (Å²) >= 11 is 0. The Morgan fingerprint density at radius 1 is 1.33 bits per heavy atom. The Morgan fingerprint density at radius 3 is 2.44 bits per heavy atom. The van der Waals surface area contributed by atoms with Crippen LogP contribution in [0.4, 0.5) is 14.5 Å². The van der Waals surface area contributed by atoms with Crippen molar-refractivity contribution in [3.05, 3.63) is 29.3 Å². The standard InChI is InChI=1S/C14H17F2NO/c1-3-11-5-4-9(2)17(11)14-12(15)6-10(8-18)7-13(14)16/h6-9,11H,3-5H2,1-2H3. The maximum Gasteiger partial charge on any atom is 0.150 e. The summed E-state index contributed by atoms with van der Waals surface area (Å²) in [5.74, 6) is -1.30. The van der Waals surface area contributed by atoms with E-state index in [-0.39, 0.29) is 23.3 Å². The van der Waals surface area contributed by atoms with E-state index in [1.807, 2.05) is 18.7 Å². The summed E-state index contributed by atoms with van der Waals surface area (Å²) in [7, 11) is 0. The van der Waals surface area contributed by atoms with E-state index in [1.54, 1.807) is 0 Å². The fourth-order valence-corrected chi connectivity index (χ4v) is 2.78. The van der Waals surface area contributed by atoms with Crippen molar-refractivity contribution in [1.29, 1.82) is 0 Å². The predicted octanol–water partition coefficient (Wildman–Crippen LogP) is 3.54. The fraction of sp³-hybridized carbons (Fsp3) is 0.500. The molecule has 0 radical (unpaired) electrons. The third kappa shape index (κ3) is 2.11. The van der Waals surface area contributed by atoms with Crippen LogP contribution in [-0.2, 0) is 0 Å². The molecule has 1 heterocycles. The molecule has 0 aromatic heterocycles. The number of carbonyl (C=O) groups is 1. The average molecular weight is 253 g/mol. The first kappa shape index (κ1) is 13.0. The number of anilines is 1. The molecule has 1 saturated heterocycles. The summed E-state index contributed by atoms with van der Waals surface area (Å²) in [4.78, 5) is 12.4. The highest BCUT2D eigenvalue weighted by atomic mass is 19.1. The van der Waals surface area contributed by atoms with Gasteiger partial charge < -0.3 is 4.90 Å². The van der Waals surface area contributed by atoms with E-state index in [4.69, 9.17) is 0 Å². The van der Waals surface area contributed by atoms with Crippen LogP contribution in [0.2, 0.25) is 0 Å². The molecule has 18 heavy (non-hydrogen) atoms. The minimum absolute atomic E-state index is 0.0115. The molecule has 2 rings (SSSR count). The van der Waals surface area contributed by atoms with Gasteiger partial charge in [-0.15, -0.1) is 0 Å². The van der Waals surface area contributed by atoms with E-state index < -0.39 is 11.6 Å². The molecular weight excluding hydrogens is 236 g/mol. The molecule has 4 heteroatoms. The minimum atomic E-state index is -0.649. The maximum atomic E-state index is 14.0. The molecule has 0 saturated carbocycles. The zero-order valence-corrected chi connectivity index (χ0v) is 10.6. The van der Waals surface area contributed by atoms with Crippen LogP contribution in [0.15, 0.2) is 12.1 Å². The second-order valence-electron chi connectivity index (χ2n) is 4.85. The van der Waals surface area contributed by atoms with Gasteiger partial charge in [0.25, 0.3) is 0 Å². The van der Waals surface area contributed by atoms with Gasteiger partial charge in [0.15, 0.2) is 0 Å². The first-order valence-corrected chi connectivity index (χ1v) is 6.31. The van der Waals surface area contributed by atoms with Gasteiger partial charge in [-0.05, 0) is 38.3 Å². The van der Waals surface area contributed by atoms with E-state index in [1.165, 1.54) is 0 Å². The number of rotatable bonds is 3. The van der Waals surface area contributed by atoms with Gasteiger partial charge in [-0.2, -0.15) is 0 Å². The molecule has 0 aliphatic carbocycles. The molecule has 0 spiro atoms. The highest BCUT2D eigenvalue weighted by molar-refractivity contribution is 5.76. The van der Waals surface area contributed by atoms with Crippen molar-refractivity contribution < 1.29 is 13.6 Å². The first-order chi connectivity index (χ1) is 8.58. The largest absolute Gasteiger partial charge is 0.361 e. The zero-order valence-electron chi connectivity index (χ0n) is 10.6. The molecule has 1 fully saturated rings. The number of nitrogens with zero attached hydrogens (tertiary/aromatic N) is 1. The predicted molar refractivity (Wildman–Crippen MR) is 67.0 cm³/mol. The Bertz CT molecular complexity index is 438. The Kier molecular flexibility index (Phi) is 3.64. The molecule has 1 aromatic rings. The van der Waals surface area contributed by atoms with Crippen LogP contribution in [0.25, 0.3) is 0 Å². The topological polar surface area (TPSA) is 20.3 Å². The molecule has 2 nitrogen and oxygen atoms in total. The van der Waals surface area contributed by atoms with Crippen LogP contribution in [0, 0.1) is 11.6 Å². The molecule has 0 bridgehead atoms. The van der Waals surface area contributed by atoms with Crippen molar-refractivity contribution in [2.45, 2.75) is 45.2 Å². The Hall–Kier alpha value is -1.45. The molecule has 2 unspecified atom stereocenters. The zero-order chi connectivity index (χ0) is 13.3. The highest BCUT2D eigenvalue weighted by Gasteiger charge is 2.33. The van der Waals surface area contributed by atoms with Gasteiger partial charge in [-0.25, -0.2) is 8.78 Å². The van der Waals surface area contributed by atoms with E-state index in [2.05, 4.69) is 0 Å². The Balaban J connectivity index is 2.46. The van der Waals surface area contributed by atoms with Crippen molar-refractivity contribution in [2.75, 3.05) is 4.90 Å². The molecule has 1 aliphatic rings. The SMILES string of the molecule is CCC1CCC(C)N1c1c(F)cc(C=O)cc1F. The maximum absolute atomic E-state index is 14.0. The van der Waals surface area contributed by atoms with Gasteiger partial charge in [0.1, 0.15) is 23.6 Å². The second kappa shape index (κ2) is 5.04. The summed E-state index contributed by atoms with van der Waals surface area (Å²) in [6, 6.07) is 2.50. The quantitative estimate of drug-likeness (QED) is 0.768. The molecule has 2 atom stereocenters. The van der Waals surface area contributed by atoms with Crippen molar-refractivity contribution in [3.8, 4) is 0 Å². The van der Waals surface area contributed by atoms with Crippen molar-refractivity contribution in [3.63, 3.8) is 0 Å². The summed E-state index contributed by atoms with van der Waals surface area (Å²) in [5.41, 5.74) is 0.0473. The summed E-state index contributed by atoms with van der Waals surface area (Å²) < 4.78 is 28.0. The summed E-state index contributed by atoms with van der Waals surface area (Å²) in [6.45, 7) is 3.99. The molecule has 1 aromatic carbocycles. The summed E-state index contributed by atoms with van der Waals surface area (Å²) in [6.07, 6.45) is 3.21. The fourth-order valence-electron chi connectivity index (χ4n) is 2.78. The van der Waals surface area contributed by atoms with E-state index in [0.29, 0.717) is 6.29 Å². The third-order valence-corrected chi connectivity index (χ3v) is 3.69. The van der Waals surface area contributed by atoms with Gasteiger partial charge in [-0.1, -0.05) is 6.92 Å². The number of aldehydes is 1. The lowest BCUT2D eigenvalue weighted by molar-refractivity contribution is 0.112. The van der Waals surface area contributed by atoms with Crippen LogP contribution in [0.5, 0.6) is 0 Å². The number of benzene rings is 1. The van der Waals surface area contributed by atoms with Crippen molar-refractivity contribution >= 4 is 12.0 Å². The van der Waals surface area contributed by atoms with Crippen LogP contribution in [-0.4, -0.2) is 18.4 Å². The van der Waals surface area contributed by atoms with Gasteiger partial charge in [0.05, 0.1) is 0 Å². The lowest BCUT2D eigenvalue weighted by Crippen LogP contribution is -2.35. The number of hydrogen-bond donors (Lipinski definition) is 0. The average Bonchev–Trinajstić information content (AvgIpc) is 2.70. The van der Waals surface area contributed by atoms with Crippen LogP contribution >= 0.6 is 0 Å². The van der Waals surface area contributed by atoms with E-state index in [9.17, 15) is 13.6 Å². The number of carbonyl (C=O) groups excluding carboxylic acids is 1. The van der Waals surface area contributed by atoms with Gasteiger partial charge >= 0.3 is 0 Å². The van der Waals surface area contributed by atoms with Crippen LogP contribution < -0.4 is 4.90 Å². The monoisotopic (exact) mass is 253 g/mol. The Morgan fingerprint density at radius 2 is 1.94 bits per heavy atom. The molecule has 0 N–H and O–H groups in total. The first-order valence-electron chi connectivity index (χ1n) is 6.31. The smallest absolute Gasteiger partial charge is 0.150 e. The lowest BCUT2D eigenvalue weighted by atomic mass is 10.1. The normalized spacial score (nSPS) is 23.4. The van der Waals surface area contributed by atoms with Crippen molar-refractivity contribution in [1.82, 2.24) is 0 Å². The van der Waals surface area contributed by atoms with Gasteiger partial charge in [-0.3, -0.25) is 4.79 Å².